The number of nitrogens with one attached hydrogen (secondary N) is 1. The van der Waals surface area contributed by atoms with E-state index in [-0.39, 0.29) is 23.4 Å². The highest BCUT2D eigenvalue weighted by Gasteiger charge is 2.17. The van der Waals surface area contributed by atoms with E-state index in [1.807, 2.05) is 26.0 Å². The summed E-state index contributed by atoms with van der Waals surface area (Å²) >= 11 is 0. The average Bonchev–Trinajstić information content (AvgIpc) is 2.69. The molecule has 7 heteroatoms. The second kappa shape index (κ2) is 8.73. The molecule has 1 amide bonds. The molecule has 2 atom stereocenters. The molecule has 2 unspecified atom stereocenters. The number of nitrogens with zero attached hydrogens (tertiary/aromatic N) is 2. The normalized spacial score (nSPS) is 13.5. The number of aryl methyl sites for hydroxylation is 1. The van der Waals surface area contributed by atoms with Crippen molar-refractivity contribution in [2.24, 2.45) is 13.0 Å². The van der Waals surface area contributed by atoms with Crippen LogP contribution in [0.1, 0.15) is 45.6 Å². The van der Waals surface area contributed by atoms with Crippen molar-refractivity contribution in [3.8, 4) is 5.75 Å². The van der Waals surface area contributed by atoms with Crippen molar-refractivity contribution >= 4 is 27.8 Å². The lowest BCUT2D eigenvalue weighted by Gasteiger charge is -2.21. The summed E-state index contributed by atoms with van der Waals surface area (Å²) in [6, 6.07) is 5.78. The molecule has 2 aromatic heterocycles. The lowest BCUT2D eigenvalue weighted by atomic mass is 9.97. The summed E-state index contributed by atoms with van der Waals surface area (Å²) in [5.41, 5.74) is 1.80. The minimum absolute atomic E-state index is 0.0872. The molecule has 0 radical (unpaired) electrons. The fourth-order valence-corrected chi connectivity index (χ4v) is 3.92. The smallest absolute Gasteiger partial charge is 0.404 e. The van der Waals surface area contributed by atoms with Crippen LogP contribution in [0.3, 0.4) is 0 Å². The van der Waals surface area contributed by atoms with Gasteiger partial charge in [-0.1, -0.05) is 20.8 Å². The molecule has 0 aliphatic carbocycles. The van der Waals surface area contributed by atoms with Crippen LogP contribution in [0.4, 0.5) is 4.79 Å². The molecular formula is C23H29N3O4. The topological polar surface area (TPSA) is 93.5 Å². The van der Waals surface area contributed by atoms with E-state index in [1.165, 1.54) is 0 Å². The molecule has 0 aliphatic rings. The van der Waals surface area contributed by atoms with Gasteiger partial charge in [0.05, 0.1) is 17.5 Å². The number of fused-ring (bicyclic) bond motifs is 3. The molecule has 0 saturated heterocycles. The zero-order valence-electron chi connectivity index (χ0n) is 18.1. The first kappa shape index (κ1) is 21.6. The summed E-state index contributed by atoms with van der Waals surface area (Å²) < 4.78 is 7.82. The Morgan fingerprint density at radius 3 is 2.60 bits per heavy atom. The predicted molar refractivity (Wildman–Crippen MR) is 118 cm³/mol. The Bertz CT molecular complexity index is 1140. The first-order valence-corrected chi connectivity index (χ1v) is 10.2. The van der Waals surface area contributed by atoms with E-state index in [0.29, 0.717) is 18.4 Å². The number of carboxylic acid groups (broad SMARTS) is 1. The van der Waals surface area contributed by atoms with Gasteiger partial charge in [-0.05, 0) is 48.3 Å². The second-order valence-electron chi connectivity index (χ2n) is 8.35. The van der Waals surface area contributed by atoms with Gasteiger partial charge in [0.1, 0.15) is 5.75 Å². The maximum absolute atomic E-state index is 12.8. The van der Waals surface area contributed by atoms with Crippen LogP contribution in [-0.2, 0) is 7.05 Å². The van der Waals surface area contributed by atoms with E-state index in [4.69, 9.17) is 9.84 Å². The number of ether oxygens (including phenoxy) is 1. The van der Waals surface area contributed by atoms with Gasteiger partial charge in [-0.2, -0.15) is 0 Å². The largest absolute Gasteiger partial charge is 0.493 e. The lowest BCUT2D eigenvalue weighted by Crippen LogP contribution is -2.33. The number of carbonyl (C=O) groups is 1. The maximum atomic E-state index is 12.8. The SMILES string of the molecule is CC(COc1cc2c(cc1C(C)C)c1ccncc1c(=O)n2C)CC(C)NC(=O)O. The molecule has 30 heavy (non-hydrogen) atoms. The summed E-state index contributed by atoms with van der Waals surface area (Å²) in [6.45, 7) is 8.56. The van der Waals surface area contributed by atoms with Crippen LogP contribution < -0.4 is 15.6 Å². The Labute approximate surface area is 175 Å². The highest BCUT2D eigenvalue weighted by Crippen LogP contribution is 2.34. The Morgan fingerprint density at radius 2 is 1.93 bits per heavy atom. The quantitative estimate of drug-likeness (QED) is 0.566. The maximum Gasteiger partial charge on any atom is 0.404 e. The van der Waals surface area contributed by atoms with Crippen molar-refractivity contribution in [1.29, 1.82) is 0 Å². The molecule has 3 aromatic rings. The van der Waals surface area contributed by atoms with Crippen LogP contribution >= 0.6 is 0 Å². The number of benzene rings is 1. The zero-order valence-corrected chi connectivity index (χ0v) is 18.1. The van der Waals surface area contributed by atoms with Gasteiger partial charge in [-0.25, -0.2) is 4.79 Å². The molecule has 2 N–H and O–H groups in total. The van der Waals surface area contributed by atoms with Crippen molar-refractivity contribution in [3.05, 3.63) is 46.5 Å². The van der Waals surface area contributed by atoms with Gasteiger partial charge >= 0.3 is 6.09 Å². The van der Waals surface area contributed by atoms with Gasteiger partial charge in [0.25, 0.3) is 5.56 Å². The van der Waals surface area contributed by atoms with Crippen LogP contribution in [0, 0.1) is 5.92 Å². The third-order valence-corrected chi connectivity index (χ3v) is 5.41. The first-order chi connectivity index (χ1) is 14.2. The van der Waals surface area contributed by atoms with Crippen molar-refractivity contribution in [2.75, 3.05) is 6.61 Å². The monoisotopic (exact) mass is 411 g/mol. The fraction of sp³-hybridized carbons (Fsp3) is 0.435. The molecule has 160 valence electrons. The standard InChI is InChI=1S/C23H29N3O4/c1-13(2)17-9-18-16-6-7-24-11-19(16)22(27)26(5)20(18)10-21(17)30-12-14(3)8-15(4)25-23(28)29/h6-7,9-11,13-15,25H,8,12H2,1-5H3,(H,28,29). The molecule has 0 bridgehead atoms. The van der Waals surface area contributed by atoms with Crippen molar-refractivity contribution in [1.82, 2.24) is 14.9 Å². The summed E-state index contributed by atoms with van der Waals surface area (Å²) in [5.74, 6) is 1.15. The Hall–Kier alpha value is -3.09. The fourth-order valence-electron chi connectivity index (χ4n) is 3.92. The third-order valence-electron chi connectivity index (χ3n) is 5.41. The summed E-state index contributed by atoms with van der Waals surface area (Å²) in [7, 11) is 1.76. The molecule has 0 fully saturated rings. The van der Waals surface area contributed by atoms with Gasteiger partial charge in [-0.15, -0.1) is 0 Å². The summed E-state index contributed by atoms with van der Waals surface area (Å²) in [6.07, 6.45) is 2.97. The lowest BCUT2D eigenvalue weighted by molar-refractivity contribution is 0.185. The van der Waals surface area contributed by atoms with Gasteiger partial charge in [-0.3, -0.25) is 9.78 Å². The second-order valence-corrected chi connectivity index (χ2v) is 8.35. The van der Waals surface area contributed by atoms with E-state index >= 15 is 0 Å². The van der Waals surface area contributed by atoms with Crippen LogP contribution in [-0.4, -0.2) is 33.4 Å². The predicted octanol–water partition coefficient (Wildman–Crippen LogP) is 4.27. The van der Waals surface area contributed by atoms with Gasteiger partial charge in [0, 0.05) is 36.9 Å². The summed E-state index contributed by atoms with van der Waals surface area (Å²) in [4.78, 5) is 27.7. The van der Waals surface area contributed by atoms with E-state index in [9.17, 15) is 9.59 Å². The number of hydrogen-bond donors (Lipinski definition) is 2. The molecule has 7 nitrogen and oxygen atoms in total. The zero-order chi connectivity index (χ0) is 22.0. The third kappa shape index (κ3) is 4.40. The number of aromatic nitrogens is 2. The minimum atomic E-state index is -1.02. The van der Waals surface area contributed by atoms with Crippen LogP contribution in [0.5, 0.6) is 5.75 Å². The molecule has 1 aromatic carbocycles. The number of amides is 1. The Kier molecular flexibility index (Phi) is 6.29. The van der Waals surface area contributed by atoms with Crippen LogP contribution in [0.2, 0.25) is 0 Å². The summed E-state index contributed by atoms with van der Waals surface area (Å²) in [5, 5.41) is 13.8. The van der Waals surface area contributed by atoms with Gasteiger partial charge < -0.3 is 19.7 Å². The average molecular weight is 412 g/mol. The first-order valence-electron chi connectivity index (χ1n) is 10.2. The highest BCUT2D eigenvalue weighted by atomic mass is 16.5. The molecule has 3 rings (SSSR count). The van der Waals surface area contributed by atoms with E-state index in [0.717, 1.165) is 27.6 Å². The molecule has 0 aliphatic heterocycles. The van der Waals surface area contributed by atoms with E-state index in [1.54, 1.807) is 24.0 Å². The highest BCUT2D eigenvalue weighted by molar-refractivity contribution is 6.06. The number of pyridine rings is 2. The Balaban J connectivity index is 1.97. The minimum Gasteiger partial charge on any atom is -0.493 e. The van der Waals surface area contributed by atoms with Crippen molar-refractivity contribution in [3.63, 3.8) is 0 Å². The molecule has 0 spiro atoms. The van der Waals surface area contributed by atoms with Gasteiger partial charge in [0.15, 0.2) is 0 Å². The number of rotatable bonds is 7. The molecular weight excluding hydrogens is 382 g/mol. The van der Waals surface area contributed by atoms with E-state index in [2.05, 4.69) is 30.2 Å². The Morgan fingerprint density at radius 1 is 1.20 bits per heavy atom. The molecule has 2 heterocycles. The molecule has 0 saturated carbocycles. The van der Waals surface area contributed by atoms with Crippen molar-refractivity contribution in [2.45, 2.75) is 46.1 Å². The van der Waals surface area contributed by atoms with Crippen molar-refractivity contribution < 1.29 is 14.6 Å². The van der Waals surface area contributed by atoms with Crippen LogP contribution in [0.25, 0.3) is 21.7 Å². The van der Waals surface area contributed by atoms with E-state index < -0.39 is 6.09 Å². The van der Waals surface area contributed by atoms with Crippen LogP contribution in [0.15, 0.2) is 35.4 Å². The van der Waals surface area contributed by atoms with Gasteiger partial charge in [0.2, 0.25) is 0 Å². The number of hydrogen-bond acceptors (Lipinski definition) is 4.